The molecule has 0 amide bonds. The Hall–Kier alpha value is -3.14. The summed E-state index contributed by atoms with van der Waals surface area (Å²) in [7, 11) is 0. The van der Waals surface area contributed by atoms with Crippen molar-refractivity contribution in [1.29, 1.82) is 0 Å². The zero-order valence-electron chi connectivity index (χ0n) is 13.5. The summed E-state index contributed by atoms with van der Waals surface area (Å²) in [6, 6.07) is 7.88. The molecule has 1 fully saturated rings. The Morgan fingerprint density at radius 1 is 0.885 bits per heavy atom. The van der Waals surface area contributed by atoms with Crippen LogP contribution in [0.25, 0.3) is 0 Å². The standard InChI is InChI=1S/C16H17NO9/c18-7-22-6-12-14(23-8-19)15(24-9-20)13(16(26-12)25-10-21)17-11-4-2-1-3-5-11/h1-5,7-10,12-17H,6H2/t12-,13-,14+,15+,16+/m0/s1. The molecule has 1 N–H and O–H groups in total. The van der Waals surface area contributed by atoms with Gasteiger partial charge < -0.3 is 29.0 Å². The zero-order valence-corrected chi connectivity index (χ0v) is 13.5. The van der Waals surface area contributed by atoms with Gasteiger partial charge in [0.15, 0.2) is 12.2 Å². The second-order valence-electron chi connectivity index (χ2n) is 5.13. The van der Waals surface area contributed by atoms with E-state index in [1.54, 1.807) is 30.3 Å². The molecule has 1 aliphatic heterocycles. The molecule has 2 rings (SSSR count). The second kappa shape index (κ2) is 9.99. The molecular weight excluding hydrogens is 350 g/mol. The van der Waals surface area contributed by atoms with Gasteiger partial charge in [-0.25, -0.2) is 0 Å². The van der Waals surface area contributed by atoms with Gasteiger partial charge in [0.05, 0.1) is 0 Å². The first-order valence-electron chi connectivity index (χ1n) is 7.54. The normalized spacial score (nSPS) is 27.5. The summed E-state index contributed by atoms with van der Waals surface area (Å²) < 4.78 is 25.2. The van der Waals surface area contributed by atoms with E-state index in [9.17, 15) is 19.2 Å². The Bertz CT molecular complexity index is 597. The number of hydrogen-bond donors (Lipinski definition) is 1. The molecular formula is C16H17NO9. The third-order valence-corrected chi connectivity index (χ3v) is 3.70. The van der Waals surface area contributed by atoms with E-state index in [2.05, 4.69) is 10.1 Å². The molecule has 0 unspecified atom stereocenters. The van der Waals surface area contributed by atoms with Gasteiger partial charge in [-0.2, -0.15) is 0 Å². The lowest BCUT2D eigenvalue weighted by atomic mass is 9.96. The highest BCUT2D eigenvalue weighted by Crippen LogP contribution is 2.28. The minimum atomic E-state index is -1.20. The second-order valence-corrected chi connectivity index (χ2v) is 5.13. The topological polar surface area (TPSA) is 126 Å². The summed E-state index contributed by atoms with van der Waals surface area (Å²) in [5.74, 6) is 0. The third kappa shape index (κ3) is 4.70. The van der Waals surface area contributed by atoms with Crippen LogP contribution in [0.3, 0.4) is 0 Å². The number of benzene rings is 1. The molecule has 1 heterocycles. The summed E-state index contributed by atoms with van der Waals surface area (Å²) in [6.07, 6.45) is -4.42. The van der Waals surface area contributed by atoms with Crippen molar-refractivity contribution < 1.29 is 42.9 Å². The van der Waals surface area contributed by atoms with Crippen molar-refractivity contribution in [3.8, 4) is 0 Å². The highest BCUT2D eigenvalue weighted by atomic mass is 16.7. The highest BCUT2D eigenvalue weighted by Gasteiger charge is 2.50. The van der Waals surface area contributed by atoms with Crippen LogP contribution in [0.5, 0.6) is 0 Å². The van der Waals surface area contributed by atoms with Gasteiger partial charge >= 0.3 is 0 Å². The summed E-state index contributed by atoms with van der Waals surface area (Å²) in [5.41, 5.74) is 0.618. The van der Waals surface area contributed by atoms with E-state index in [1.165, 1.54) is 0 Å². The maximum atomic E-state index is 11.0. The average molecular weight is 367 g/mol. The monoisotopic (exact) mass is 367 g/mol. The molecule has 0 saturated carbocycles. The summed E-state index contributed by atoms with van der Waals surface area (Å²) in [5, 5.41) is 3.02. The first-order valence-corrected chi connectivity index (χ1v) is 7.54. The summed E-state index contributed by atoms with van der Waals surface area (Å²) in [4.78, 5) is 43.2. The smallest absolute Gasteiger partial charge is 0.295 e. The van der Waals surface area contributed by atoms with Crippen molar-refractivity contribution in [3.63, 3.8) is 0 Å². The van der Waals surface area contributed by atoms with Crippen LogP contribution in [0.2, 0.25) is 0 Å². The van der Waals surface area contributed by atoms with Crippen LogP contribution in [-0.2, 0) is 42.9 Å². The van der Waals surface area contributed by atoms with Crippen molar-refractivity contribution in [2.75, 3.05) is 11.9 Å². The molecule has 1 saturated heterocycles. The zero-order chi connectivity index (χ0) is 18.8. The SMILES string of the molecule is O=COC[C@@H]1O[C@@H](OC=O)[C@@H](Nc2ccccc2)[C@@H](OC=O)[C@@H]1OC=O. The van der Waals surface area contributed by atoms with Gasteiger partial charge in [-0.15, -0.1) is 0 Å². The summed E-state index contributed by atoms with van der Waals surface area (Å²) in [6.45, 7) is 0.370. The number of carbonyl (C=O) groups excluding carboxylic acids is 4. The lowest BCUT2D eigenvalue weighted by Crippen LogP contribution is -2.63. The first-order chi connectivity index (χ1) is 12.7. The minimum Gasteiger partial charge on any atom is -0.465 e. The highest BCUT2D eigenvalue weighted by molar-refractivity contribution is 5.46. The number of nitrogens with one attached hydrogen (secondary N) is 1. The molecule has 0 radical (unpaired) electrons. The Balaban J connectivity index is 2.32. The Morgan fingerprint density at radius 2 is 1.54 bits per heavy atom. The maximum Gasteiger partial charge on any atom is 0.295 e. The fourth-order valence-corrected chi connectivity index (χ4v) is 2.68. The molecule has 10 nitrogen and oxygen atoms in total. The van der Waals surface area contributed by atoms with E-state index in [1.807, 2.05) is 0 Å². The van der Waals surface area contributed by atoms with Gasteiger partial charge in [-0.3, -0.25) is 19.2 Å². The van der Waals surface area contributed by atoms with Crippen molar-refractivity contribution >= 4 is 31.6 Å². The lowest BCUT2D eigenvalue weighted by Gasteiger charge is -2.43. The van der Waals surface area contributed by atoms with Crippen LogP contribution in [0.4, 0.5) is 5.69 Å². The number of carbonyl (C=O) groups is 4. The van der Waals surface area contributed by atoms with E-state index in [-0.39, 0.29) is 32.5 Å². The van der Waals surface area contributed by atoms with Gasteiger partial charge in [-0.05, 0) is 12.1 Å². The minimum absolute atomic E-state index is 0.156. The van der Waals surface area contributed by atoms with Crippen molar-refractivity contribution in [1.82, 2.24) is 0 Å². The molecule has 0 spiro atoms. The van der Waals surface area contributed by atoms with Gasteiger partial charge in [0.1, 0.15) is 18.8 Å². The van der Waals surface area contributed by atoms with E-state index < -0.39 is 30.6 Å². The van der Waals surface area contributed by atoms with Crippen LogP contribution in [0, 0.1) is 0 Å². The molecule has 0 aliphatic carbocycles. The molecule has 140 valence electrons. The van der Waals surface area contributed by atoms with Crippen LogP contribution in [0.15, 0.2) is 30.3 Å². The summed E-state index contributed by atoms with van der Waals surface area (Å²) >= 11 is 0. The van der Waals surface area contributed by atoms with Crippen LogP contribution < -0.4 is 5.32 Å². The van der Waals surface area contributed by atoms with E-state index in [0.717, 1.165) is 0 Å². The first kappa shape index (κ1) is 19.2. The van der Waals surface area contributed by atoms with E-state index >= 15 is 0 Å². The number of ether oxygens (including phenoxy) is 5. The molecule has 1 aliphatic rings. The van der Waals surface area contributed by atoms with E-state index in [4.69, 9.17) is 18.9 Å². The van der Waals surface area contributed by atoms with Gasteiger partial charge in [0.2, 0.25) is 6.29 Å². The molecule has 10 heteroatoms. The molecule has 0 aromatic heterocycles. The average Bonchev–Trinajstić information content (AvgIpc) is 2.66. The number of anilines is 1. The van der Waals surface area contributed by atoms with Crippen molar-refractivity contribution in [2.45, 2.75) is 30.6 Å². The number of hydrogen-bond acceptors (Lipinski definition) is 10. The fourth-order valence-electron chi connectivity index (χ4n) is 2.68. The van der Waals surface area contributed by atoms with Crippen LogP contribution in [0.1, 0.15) is 0 Å². The third-order valence-electron chi connectivity index (χ3n) is 3.70. The fraction of sp³-hybridized carbons (Fsp3) is 0.375. The van der Waals surface area contributed by atoms with Gasteiger partial charge in [0.25, 0.3) is 25.9 Å². The molecule has 5 atom stereocenters. The van der Waals surface area contributed by atoms with Crippen LogP contribution in [-0.4, -0.2) is 63.1 Å². The Morgan fingerprint density at radius 3 is 2.15 bits per heavy atom. The Labute approximate surface area is 148 Å². The molecule has 1 aromatic rings. The molecule has 0 bridgehead atoms. The largest absolute Gasteiger partial charge is 0.465 e. The van der Waals surface area contributed by atoms with Crippen molar-refractivity contribution in [2.24, 2.45) is 0 Å². The quantitative estimate of drug-likeness (QED) is 0.408. The van der Waals surface area contributed by atoms with E-state index in [0.29, 0.717) is 5.69 Å². The predicted molar refractivity (Wildman–Crippen MR) is 83.6 cm³/mol. The van der Waals surface area contributed by atoms with Gasteiger partial charge in [-0.1, -0.05) is 18.2 Å². The van der Waals surface area contributed by atoms with Gasteiger partial charge in [0, 0.05) is 5.69 Å². The van der Waals surface area contributed by atoms with Crippen molar-refractivity contribution in [3.05, 3.63) is 30.3 Å². The van der Waals surface area contributed by atoms with Crippen LogP contribution >= 0.6 is 0 Å². The maximum absolute atomic E-state index is 11.0. The number of para-hydroxylation sites is 1. The Kier molecular flexibility index (Phi) is 7.37. The number of rotatable bonds is 11. The molecule has 26 heavy (non-hydrogen) atoms. The molecule has 1 aromatic carbocycles. The lowest BCUT2D eigenvalue weighted by molar-refractivity contribution is -0.256. The predicted octanol–water partition coefficient (Wildman–Crippen LogP) is -0.379.